The Bertz CT molecular complexity index is 293. The van der Waals surface area contributed by atoms with E-state index in [1.54, 1.807) is 0 Å². The summed E-state index contributed by atoms with van der Waals surface area (Å²) in [6, 6.07) is 0. The average molecular weight is 346 g/mol. The quantitative estimate of drug-likeness (QED) is 0.234. The van der Waals surface area contributed by atoms with Crippen LogP contribution in [0.4, 0.5) is 0 Å². The molecule has 0 aliphatic heterocycles. The fraction of sp³-hybridized carbons (Fsp3) is 0.500. The molecule has 0 aromatic rings. The van der Waals surface area contributed by atoms with Crippen LogP contribution in [0.5, 0.6) is 0 Å². The fourth-order valence-electron chi connectivity index (χ4n) is 0.214. The van der Waals surface area contributed by atoms with Gasteiger partial charge in [-0.3, -0.25) is 9.59 Å². The molecule has 0 fully saturated rings. The van der Waals surface area contributed by atoms with Crippen LogP contribution < -0.4 is 0 Å². The normalized spacial score (nSPS) is 10.3. The first-order chi connectivity index (χ1) is 7.63. The number of carboxylic acids is 2. The van der Waals surface area contributed by atoms with Gasteiger partial charge in [0.15, 0.2) is 0 Å². The molecule has 0 atom stereocenters. The number of aliphatic carboxylic acids is 2. The molecule has 0 saturated carbocycles. The molecule has 0 heterocycles. The third kappa shape index (κ3) is 145. The van der Waals surface area contributed by atoms with Crippen molar-refractivity contribution in [1.29, 1.82) is 0 Å². The molecule has 0 aliphatic rings. The molecular weight excluding hydrogens is 334 g/mol. The number of thiol groups is 1. The summed E-state index contributed by atoms with van der Waals surface area (Å²) >= 11 is 6.39. The second kappa shape index (κ2) is 10.9. The standard InChI is InChI=1S/C4H6O4.2H3O3PS/c5-3(6)1-2-4(7)8;2*1-4(2,3)5/h1-2H2,(H,5,6)(H,7,8);2*(H3,1,2,3,5). The van der Waals surface area contributed by atoms with Crippen molar-refractivity contribution < 1.29 is 48.8 Å². The molecule has 0 unspecified atom stereocenters. The van der Waals surface area contributed by atoms with Crippen LogP contribution in [0, 0.1) is 0 Å². The molecule has 10 nitrogen and oxygen atoms in total. The van der Waals surface area contributed by atoms with Crippen molar-refractivity contribution in [3.8, 4) is 0 Å². The molecule has 7 N–H and O–H groups in total. The van der Waals surface area contributed by atoms with Gasteiger partial charge in [-0.1, -0.05) is 12.2 Å². The number of rotatable bonds is 3. The minimum Gasteiger partial charge on any atom is -0.481 e. The lowest BCUT2D eigenvalue weighted by molar-refractivity contribution is -0.143. The monoisotopic (exact) mass is 346 g/mol. The van der Waals surface area contributed by atoms with Gasteiger partial charge in [0.1, 0.15) is 0 Å². The topological polar surface area (TPSA) is 193 Å². The molecule has 0 aliphatic carbocycles. The SMILES string of the molecule is O=C(O)CCC(=O)O.O=P(O)(O)S.OP(O)(O)=S. The van der Waals surface area contributed by atoms with Gasteiger partial charge >= 0.3 is 25.5 Å². The van der Waals surface area contributed by atoms with Crippen molar-refractivity contribution in [2.45, 2.75) is 12.8 Å². The summed E-state index contributed by atoms with van der Waals surface area (Å²) in [5, 5.41) is 15.8. The summed E-state index contributed by atoms with van der Waals surface area (Å²) in [4.78, 5) is 56.9. The molecule has 0 radical (unpaired) electrons. The van der Waals surface area contributed by atoms with E-state index in [2.05, 4.69) is 24.1 Å². The van der Waals surface area contributed by atoms with Crippen LogP contribution in [0.15, 0.2) is 0 Å². The highest BCUT2D eigenvalue weighted by molar-refractivity contribution is 8.43. The van der Waals surface area contributed by atoms with Gasteiger partial charge in [-0.05, 0) is 11.8 Å². The highest BCUT2D eigenvalue weighted by Crippen LogP contribution is 2.39. The van der Waals surface area contributed by atoms with Crippen LogP contribution in [0.3, 0.4) is 0 Å². The van der Waals surface area contributed by atoms with Crippen molar-refractivity contribution in [2.24, 2.45) is 0 Å². The molecule has 0 aromatic carbocycles. The summed E-state index contributed by atoms with van der Waals surface area (Å²) < 4.78 is 9.19. The fourth-order valence-corrected chi connectivity index (χ4v) is 0.214. The summed E-state index contributed by atoms with van der Waals surface area (Å²) in [6.45, 7) is -7.75. The van der Waals surface area contributed by atoms with E-state index in [0.717, 1.165) is 0 Å². The first-order valence-corrected chi connectivity index (χ1v) is 9.05. The predicted octanol–water partition coefficient (Wildman–Crippen LogP) is -0.868. The summed E-state index contributed by atoms with van der Waals surface area (Å²) in [5.41, 5.74) is 0. The highest BCUT2D eigenvalue weighted by Gasteiger charge is 2.00. The maximum absolute atomic E-state index is 9.64. The lowest BCUT2D eigenvalue weighted by Crippen LogP contribution is -2.00. The van der Waals surface area contributed by atoms with Crippen molar-refractivity contribution in [3.05, 3.63) is 0 Å². The number of hydrogen-bond acceptors (Lipinski definition) is 4. The summed E-state index contributed by atoms with van der Waals surface area (Å²) in [7, 11) is 0. The van der Waals surface area contributed by atoms with Crippen LogP contribution in [0.25, 0.3) is 0 Å². The Balaban J connectivity index is -0.000000197. The van der Waals surface area contributed by atoms with Crippen molar-refractivity contribution in [3.63, 3.8) is 0 Å². The lowest BCUT2D eigenvalue weighted by atomic mass is 10.3. The third-order valence-corrected chi connectivity index (χ3v) is 0.553. The number of hydrogen-bond donors (Lipinski definition) is 8. The molecule has 0 amide bonds. The van der Waals surface area contributed by atoms with Gasteiger partial charge in [-0.2, -0.15) is 0 Å². The zero-order chi connectivity index (χ0) is 15.6. The van der Waals surface area contributed by atoms with Gasteiger partial charge in [0, 0.05) is 0 Å². The largest absolute Gasteiger partial charge is 0.481 e. The van der Waals surface area contributed by atoms with Crippen LogP contribution in [-0.4, -0.2) is 46.6 Å². The van der Waals surface area contributed by atoms with Gasteiger partial charge in [0.05, 0.1) is 12.8 Å². The average Bonchev–Trinajstić information content (AvgIpc) is 1.93. The van der Waals surface area contributed by atoms with Crippen LogP contribution in [0.2, 0.25) is 0 Å². The third-order valence-electron chi connectivity index (χ3n) is 0.553. The van der Waals surface area contributed by atoms with Gasteiger partial charge in [0.2, 0.25) is 0 Å². The molecule has 0 saturated heterocycles. The van der Waals surface area contributed by atoms with Gasteiger partial charge in [-0.15, -0.1) is 0 Å². The maximum Gasteiger partial charge on any atom is 0.380 e. The molecule has 0 bridgehead atoms. The molecule has 0 aromatic heterocycles. The molecule has 0 rings (SSSR count). The summed E-state index contributed by atoms with van der Waals surface area (Å²) in [6.07, 6.45) is -0.593. The predicted molar refractivity (Wildman–Crippen MR) is 66.5 cm³/mol. The Hall–Kier alpha value is -0.0300. The molecular formula is C4H12O10P2S2. The molecule has 0 spiro atoms. The Kier molecular flexibility index (Phi) is 13.9. The molecule has 18 heavy (non-hydrogen) atoms. The highest BCUT2D eigenvalue weighted by atomic mass is 32.7. The van der Waals surface area contributed by atoms with Gasteiger partial charge in [-0.25, -0.2) is 4.57 Å². The van der Waals surface area contributed by atoms with Crippen molar-refractivity contribution >= 4 is 49.5 Å². The molecule has 110 valence electrons. The first-order valence-electron chi connectivity index (χ1n) is 3.63. The smallest absolute Gasteiger partial charge is 0.380 e. The number of carboxylic acid groups (broad SMARTS) is 2. The van der Waals surface area contributed by atoms with Crippen LogP contribution in [-0.2, 0) is 26.0 Å². The van der Waals surface area contributed by atoms with Crippen molar-refractivity contribution in [1.82, 2.24) is 0 Å². The van der Waals surface area contributed by atoms with Crippen LogP contribution >= 0.6 is 25.8 Å². The van der Waals surface area contributed by atoms with E-state index in [4.69, 9.17) is 34.7 Å². The van der Waals surface area contributed by atoms with Crippen LogP contribution in [0.1, 0.15) is 12.8 Å². The zero-order valence-electron chi connectivity index (χ0n) is 8.52. The first kappa shape index (κ1) is 23.1. The summed E-state index contributed by atoms with van der Waals surface area (Å²) in [5.74, 6) is -2.15. The van der Waals surface area contributed by atoms with Gasteiger partial charge < -0.3 is 34.7 Å². The Morgan fingerprint density at radius 1 is 0.944 bits per heavy atom. The van der Waals surface area contributed by atoms with E-state index in [1.807, 2.05) is 0 Å². The second-order valence-electron chi connectivity index (χ2n) is 2.31. The molecule has 14 heteroatoms. The van der Waals surface area contributed by atoms with Crippen molar-refractivity contribution in [2.75, 3.05) is 0 Å². The Morgan fingerprint density at radius 3 is 1.11 bits per heavy atom. The van der Waals surface area contributed by atoms with E-state index < -0.39 is 25.5 Å². The second-order valence-corrected chi connectivity index (χ2v) is 7.40. The van der Waals surface area contributed by atoms with E-state index in [1.165, 1.54) is 0 Å². The minimum atomic E-state index is -3.94. The Morgan fingerprint density at radius 2 is 1.06 bits per heavy atom. The lowest BCUT2D eigenvalue weighted by Gasteiger charge is -1.88. The zero-order valence-corrected chi connectivity index (χ0v) is 12.0. The maximum atomic E-state index is 9.64. The van der Waals surface area contributed by atoms with Gasteiger partial charge in [0.25, 0.3) is 0 Å². The van der Waals surface area contributed by atoms with E-state index in [-0.39, 0.29) is 12.8 Å². The number of carbonyl (C=O) groups is 2. The Labute approximate surface area is 111 Å². The minimum absolute atomic E-state index is 0.296. The van der Waals surface area contributed by atoms with E-state index in [9.17, 15) is 14.2 Å². The van der Waals surface area contributed by atoms with E-state index in [0.29, 0.717) is 0 Å². The van der Waals surface area contributed by atoms with E-state index >= 15 is 0 Å².